The summed E-state index contributed by atoms with van der Waals surface area (Å²) in [6, 6.07) is 6.99. The molecule has 0 fully saturated rings. The maximum Gasteiger partial charge on any atom is 0.320 e. The Kier molecular flexibility index (Phi) is 4.79. The van der Waals surface area contributed by atoms with E-state index in [0.717, 1.165) is 18.6 Å². The van der Waals surface area contributed by atoms with E-state index in [2.05, 4.69) is 0 Å². The smallest absolute Gasteiger partial charge is 0.320 e. The van der Waals surface area contributed by atoms with Crippen LogP contribution in [0, 0.1) is 0 Å². The van der Waals surface area contributed by atoms with Crippen LogP contribution in [0.4, 0.5) is 0 Å². The number of benzene rings is 1. The molecule has 1 aromatic rings. The summed E-state index contributed by atoms with van der Waals surface area (Å²) in [5, 5.41) is 8.61. The zero-order chi connectivity index (χ0) is 12.0. The Hall–Kier alpha value is -1.55. The molecule has 0 amide bonds. The van der Waals surface area contributed by atoms with Crippen LogP contribution >= 0.6 is 0 Å². The fraction of sp³-hybridized carbons (Fsp3) is 0.417. The van der Waals surface area contributed by atoms with Crippen molar-refractivity contribution in [3.05, 3.63) is 29.8 Å². The Morgan fingerprint density at radius 2 is 2.06 bits per heavy atom. The van der Waals surface area contributed by atoms with E-state index in [9.17, 15) is 4.79 Å². The van der Waals surface area contributed by atoms with Crippen molar-refractivity contribution in [3.8, 4) is 5.75 Å². The molecule has 0 aliphatic heterocycles. The summed E-state index contributed by atoms with van der Waals surface area (Å²) >= 11 is 0. The summed E-state index contributed by atoms with van der Waals surface area (Å²) in [6.07, 6.45) is 2.12. The zero-order valence-electron chi connectivity index (χ0n) is 9.35. The second-order valence-corrected chi connectivity index (χ2v) is 3.69. The summed E-state index contributed by atoms with van der Waals surface area (Å²) in [5.41, 5.74) is 6.57. The van der Waals surface area contributed by atoms with Gasteiger partial charge in [0.1, 0.15) is 11.8 Å². The highest BCUT2D eigenvalue weighted by molar-refractivity contribution is 5.72. The normalized spacial score (nSPS) is 12.1. The van der Waals surface area contributed by atoms with E-state index in [1.54, 1.807) is 7.11 Å². The monoisotopic (exact) mass is 223 g/mol. The van der Waals surface area contributed by atoms with Crippen LogP contribution < -0.4 is 10.5 Å². The summed E-state index contributed by atoms with van der Waals surface area (Å²) < 4.78 is 5.05. The van der Waals surface area contributed by atoms with Crippen molar-refractivity contribution in [3.63, 3.8) is 0 Å². The molecule has 0 aliphatic carbocycles. The van der Waals surface area contributed by atoms with Crippen LogP contribution in [-0.2, 0) is 11.2 Å². The lowest BCUT2D eigenvalue weighted by Crippen LogP contribution is -2.29. The Morgan fingerprint density at radius 3 is 2.56 bits per heavy atom. The number of aliphatic carboxylic acids is 1. The topological polar surface area (TPSA) is 72.5 Å². The van der Waals surface area contributed by atoms with Crippen molar-refractivity contribution in [1.29, 1.82) is 0 Å². The maximum absolute atomic E-state index is 10.5. The highest BCUT2D eigenvalue weighted by Gasteiger charge is 2.10. The summed E-state index contributed by atoms with van der Waals surface area (Å²) in [6.45, 7) is 0. The summed E-state index contributed by atoms with van der Waals surface area (Å²) in [5.74, 6) is -0.110. The van der Waals surface area contributed by atoms with Crippen LogP contribution in [0.3, 0.4) is 0 Å². The van der Waals surface area contributed by atoms with Crippen molar-refractivity contribution in [2.75, 3.05) is 7.11 Å². The third-order valence-electron chi connectivity index (χ3n) is 2.46. The minimum atomic E-state index is -0.935. The third kappa shape index (κ3) is 3.90. The fourth-order valence-corrected chi connectivity index (χ4v) is 1.44. The highest BCUT2D eigenvalue weighted by Crippen LogP contribution is 2.13. The summed E-state index contributed by atoms with van der Waals surface area (Å²) in [7, 11) is 1.63. The molecule has 4 heteroatoms. The molecule has 1 aromatic carbocycles. The van der Waals surface area contributed by atoms with Gasteiger partial charge in [0.05, 0.1) is 7.11 Å². The fourth-order valence-electron chi connectivity index (χ4n) is 1.44. The number of hydrogen-bond acceptors (Lipinski definition) is 3. The van der Waals surface area contributed by atoms with E-state index >= 15 is 0 Å². The van der Waals surface area contributed by atoms with Gasteiger partial charge >= 0.3 is 5.97 Å². The van der Waals surface area contributed by atoms with Crippen molar-refractivity contribution in [2.45, 2.75) is 25.3 Å². The van der Waals surface area contributed by atoms with Crippen LogP contribution in [0.15, 0.2) is 24.3 Å². The largest absolute Gasteiger partial charge is 0.497 e. The summed E-state index contributed by atoms with van der Waals surface area (Å²) in [4.78, 5) is 10.5. The number of aryl methyl sites for hydroxylation is 1. The van der Waals surface area contributed by atoms with Gasteiger partial charge in [-0.2, -0.15) is 0 Å². The average molecular weight is 223 g/mol. The van der Waals surface area contributed by atoms with Crippen LogP contribution in [0.2, 0.25) is 0 Å². The van der Waals surface area contributed by atoms with E-state index < -0.39 is 12.0 Å². The molecule has 0 unspecified atom stereocenters. The van der Waals surface area contributed by atoms with E-state index in [0.29, 0.717) is 6.42 Å². The minimum absolute atomic E-state index is 0.501. The average Bonchev–Trinajstić information content (AvgIpc) is 2.29. The molecule has 0 aromatic heterocycles. The molecule has 0 spiro atoms. The quantitative estimate of drug-likeness (QED) is 0.765. The van der Waals surface area contributed by atoms with Crippen molar-refractivity contribution in [1.82, 2.24) is 0 Å². The first kappa shape index (κ1) is 12.5. The molecule has 16 heavy (non-hydrogen) atoms. The number of carboxylic acid groups (broad SMARTS) is 1. The van der Waals surface area contributed by atoms with Crippen molar-refractivity contribution < 1.29 is 14.6 Å². The number of rotatable bonds is 6. The molecule has 0 heterocycles. The van der Waals surface area contributed by atoms with Gasteiger partial charge in [-0.1, -0.05) is 12.1 Å². The molecule has 0 bridgehead atoms. The van der Waals surface area contributed by atoms with Gasteiger partial charge in [0.15, 0.2) is 0 Å². The van der Waals surface area contributed by atoms with E-state index in [1.165, 1.54) is 5.56 Å². The lowest BCUT2D eigenvalue weighted by atomic mass is 10.1. The van der Waals surface area contributed by atoms with Gasteiger partial charge in [0.2, 0.25) is 0 Å². The number of hydrogen-bond donors (Lipinski definition) is 2. The second kappa shape index (κ2) is 6.12. The van der Waals surface area contributed by atoms with Gasteiger partial charge in [0, 0.05) is 0 Å². The number of carboxylic acids is 1. The maximum atomic E-state index is 10.5. The predicted octanol–water partition coefficient (Wildman–Crippen LogP) is 1.43. The Bertz CT molecular complexity index is 335. The molecule has 4 nitrogen and oxygen atoms in total. The van der Waals surface area contributed by atoms with E-state index in [1.807, 2.05) is 24.3 Å². The number of methoxy groups -OCH3 is 1. The highest BCUT2D eigenvalue weighted by atomic mass is 16.5. The molecule has 0 aliphatic rings. The Balaban J connectivity index is 2.34. The van der Waals surface area contributed by atoms with E-state index in [-0.39, 0.29) is 0 Å². The predicted molar refractivity (Wildman–Crippen MR) is 61.5 cm³/mol. The molecule has 1 atom stereocenters. The number of ether oxygens (including phenoxy) is 1. The molecule has 0 saturated heterocycles. The van der Waals surface area contributed by atoms with Crippen LogP contribution in [0.25, 0.3) is 0 Å². The first-order valence-corrected chi connectivity index (χ1v) is 5.25. The van der Waals surface area contributed by atoms with Gasteiger partial charge in [0.25, 0.3) is 0 Å². The Morgan fingerprint density at radius 1 is 1.44 bits per heavy atom. The van der Waals surface area contributed by atoms with Gasteiger partial charge in [-0.05, 0) is 37.0 Å². The van der Waals surface area contributed by atoms with Gasteiger partial charge in [-0.3, -0.25) is 4.79 Å². The van der Waals surface area contributed by atoms with Crippen molar-refractivity contribution in [2.24, 2.45) is 5.73 Å². The zero-order valence-corrected chi connectivity index (χ0v) is 9.35. The number of carbonyl (C=O) groups is 1. The molecule has 1 rings (SSSR count). The molecule has 0 radical (unpaired) electrons. The van der Waals surface area contributed by atoms with Crippen LogP contribution in [0.1, 0.15) is 18.4 Å². The molecule has 3 N–H and O–H groups in total. The lowest BCUT2D eigenvalue weighted by Gasteiger charge is -2.06. The molecular weight excluding hydrogens is 206 g/mol. The first-order chi connectivity index (χ1) is 7.63. The van der Waals surface area contributed by atoms with Crippen LogP contribution in [-0.4, -0.2) is 24.2 Å². The van der Waals surface area contributed by atoms with Crippen LogP contribution in [0.5, 0.6) is 5.75 Å². The van der Waals surface area contributed by atoms with Gasteiger partial charge in [-0.15, -0.1) is 0 Å². The molecule has 88 valence electrons. The standard InChI is InChI=1S/C12H17NO3/c1-16-10-7-5-9(6-8-10)3-2-4-11(13)12(14)15/h5-8,11H,2-4,13H2,1H3,(H,14,15)/t11-/m0/s1. The first-order valence-electron chi connectivity index (χ1n) is 5.25. The lowest BCUT2D eigenvalue weighted by molar-refractivity contribution is -0.138. The Labute approximate surface area is 95.0 Å². The third-order valence-corrected chi connectivity index (χ3v) is 2.46. The SMILES string of the molecule is COc1ccc(CCC[C@H](N)C(=O)O)cc1. The molecule has 0 saturated carbocycles. The van der Waals surface area contributed by atoms with Gasteiger partial charge < -0.3 is 15.6 Å². The van der Waals surface area contributed by atoms with Crippen molar-refractivity contribution >= 4 is 5.97 Å². The number of nitrogens with two attached hydrogens (primary N) is 1. The second-order valence-electron chi connectivity index (χ2n) is 3.69. The van der Waals surface area contributed by atoms with E-state index in [4.69, 9.17) is 15.6 Å². The van der Waals surface area contributed by atoms with Gasteiger partial charge in [-0.25, -0.2) is 0 Å². The molecular formula is C12H17NO3. The minimum Gasteiger partial charge on any atom is -0.497 e.